The van der Waals surface area contributed by atoms with Crippen LogP contribution < -0.4 is 5.32 Å². The lowest BCUT2D eigenvalue weighted by Crippen LogP contribution is -2.04. The molecule has 0 saturated heterocycles. The van der Waals surface area contributed by atoms with E-state index in [9.17, 15) is 0 Å². The van der Waals surface area contributed by atoms with Gasteiger partial charge in [0.25, 0.3) is 0 Å². The van der Waals surface area contributed by atoms with E-state index in [0.29, 0.717) is 6.54 Å². The summed E-state index contributed by atoms with van der Waals surface area (Å²) in [7, 11) is 0. The quantitative estimate of drug-likeness (QED) is 0.509. The van der Waals surface area contributed by atoms with E-state index >= 15 is 0 Å². The van der Waals surface area contributed by atoms with Gasteiger partial charge in [0.1, 0.15) is 0 Å². The molecule has 0 aromatic carbocycles. The van der Waals surface area contributed by atoms with Crippen LogP contribution in [0.4, 0.5) is 0 Å². The largest absolute Gasteiger partial charge is 0.318 e. The minimum absolute atomic E-state index is 0.542. The Morgan fingerprint density at radius 1 is 1.90 bits per heavy atom. The van der Waals surface area contributed by atoms with E-state index < -0.39 is 0 Å². The number of hydrogen-bond acceptors (Lipinski definition) is 4. The molecule has 0 radical (unpaired) electrons. The molecule has 1 aromatic rings. The van der Waals surface area contributed by atoms with Crippen molar-refractivity contribution < 1.29 is 0 Å². The molecule has 10 heavy (non-hydrogen) atoms. The van der Waals surface area contributed by atoms with Gasteiger partial charge in [-0.2, -0.15) is 5.26 Å². The predicted molar refractivity (Wildman–Crippen MR) is 39.3 cm³/mol. The van der Waals surface area contributed by atoms with Crippen molar-refractivity contribution in [1.29, 1.82) is 5.26 Å². The van der Waals surface area contributed by atoms with Crippen molar-refractivity contribution >= 4 is 11.3 Å². The molecule has 0 aliphatic carbocycles. The van der Waals surface area contributed by atoms with Crippen molar-refractivity contribution in [2.45, 2.75) is 13.5 Å². The molecule has 1 rings (SSSR count). The van der Waals surface area contributed by atoms with Gasteiger partial charge in [-0.25, -0.2) is 4.98 Å². The summed E-state index contributed by atoms with van der Waals surface area (Å²) >= 11 is 1.59. The first-order valence-corrected chi connectivity index (χ1v) is 3.74. The summed E-state index contributed by atoms with van der Waals surface area (Å²) < 4.78 is 0. The SMILES string of the molecule is Cc1nc(CNC#N)cs1. The van der Waals surface area contributed by atoms with E-state index in [2.05, 4.69) is 10.3 Å². The van der Waals surface area contributed by atoms with Crippen LogP contribution in [0.25, 0.3) is 0 Å². The van der Waals surface area contributed by atoms with E-state index in [4.69, 9.17) is 5.26 Å². The number of nitrogens with zero attached hydrogens (tertiary/aromatic N) is 2. The topological polar surface area (TPSA) is 48.7 Å². The summed E-state index contributed by atoms with van der Waals surface area (Å²) in [6, 6.07) is 0. The fourth-order valence-corrected chi connectivity index (χ4v) is 1.23. The third kappa shape index (κ3) is 1.71. The number of rotatable bonds is 2. The van der Waals surface area contributed by atoms with E-state index in [1.54, 1.807) is 11.3 Å². The third-order valence-electron chi connectivity index (χ3n) is 1.02. The van der Waals surface area contributed by atoms with Crippen LogP contribution in [0.5, 0.6) is 0 Å². The molecule has 1 aromatic heterocycles. The number of nitriles is 1. The van der Waals surface area contributed by atoms with Crippen molar-refractivity contribution in [2.24, 2.45) is 0 Å². The zero-order valence-electron chi connectivity index (χ0n) is 5.59. The van der Waals surface area contributed by atoms with Crippen molar-refractivity contribution in [1.82, 2.24) is 10.3 Å². The maximum atomic E-state index is 8.15. The molecule has 0 bridgehead atoms. The van der Waals surface area contributed by atoms with Crippen LogP contribution in [0, 0.1) is 18.4 Å². The summed E-state index contributed by atoms with van der Waals surface area (Å²) in [4.78, 5) is 4.15. The van der Waals surface area contributed by atoms with Gasteiger partial charge in [0.05, 0.1) is 17.2 Å². The molecule has 3 nitrogen and oxygen atoms in total. The molecule has 1 heterocycles. The number of hydrogen-bond donors (Lipinski definition) is 1. The molecular weight excluding hydrogens is 146 g/mol. The highest BCUT2D eigenvalue weighted by atomic mass is 32.1. The Morgan fingerprint density at radius 3 is 3.20 bits per heavy atom. The summed E-state index contributed by atoms with van der Waals surface area (Å²) in [6.07, 6.45) is 1.84. The maximum Gasteiger partial charge on any atom is 0.176 e. The Hall–Kier alpha value is -1.08. The number of aryl methyl sites for hydroxylation is 1. The van der Waals surface area contributed by atoms with Crippen LogP contribution in [0.3, 0.4) is 0 Å². The van der Waals surface area contributed by atoms with Gasteiger partial charge in [0.2, 0.25) is 0 Å². The highest BCUT2D eigenvalue weighted by molar-refractivity contribution is 7.09. The fourth-order valence-electron chi connectivity index (χ4n) is 0.620. The molecule has 0 saturated carbocycles. The summed E-state index contributed by atoms with van der Waals surface area (Å²) in [5.41, 5.74) is 0.934. The van der Waals surface area contributed by atoms with E-state index in [1.165, 1.54) is 0 Å². The van der Waals surface area contributed by atoms with Gasteiger partial charge in [-0.1, -0.05) is 0 Å². The lowest BCUT2D eigenvalue weighted by atomic mass is 10.5. The van der Waals surface area contributed by atoms with Crippen LogP contribution in [0.2, 0.25) is 0 Å². The Balaban J connectivity index is 2.52. The number of nitrogens with one attached hydrogen (secondary N) is 1. The molecule has 0 amide bonds. The molecule has 0 unspecified atom stereocenters. The number of thiazole rings is 1. The Morgan fingerprint density at radius 2 is 2.70 bits per heavy atom. The molecular formula is C6H7N3S. The van der Waals surface area contributed by atoms with Crippen molar-refractivity contribution in [2.75, 3.05) is 0 Å². The van der Waals surface area contributed by atoms with Gasteiger partial charge in [-0.15, -0.1) is 11.3 Å². The van der Waals surface area contributed by atoms with Gasteiger partial charge >= 0.3 is 0 Å². The van der Waals surface area contributed by atoms with Gasteiger partial charge in [-0.3, -0.25) is 0 Å². The second-order valence-electron chi connectivity index (χ2n) is 1.82. The fraction of sp³-hybridized carbons (Fsp3) is 0.333. The van der Waals surface area contributed by atoms with Gasteiger partial charge in [0.15, 0.2) is 6.19 Å². The van der Waals surface area contributed by atoms with E-state index in [0.717, 1.165) is 10.7 Å². The van der Waals surface area contributed by atoms with Crippen LogP contribution in [-0.2, 0) is 6.54 Å². The average molecular weight is 153 g/mol. The van der Waals surface area contributed by atoms with Crippen molar-refractivity contribution in [3.63, 3.8) is 0 Å². The average Bonchev–Trinajstić information content (AvgIpc) is 2.31. The first-order valence-electron chi connectivity index (χ1n) is 2.86. The zero-order valence-corrected chi connectivity index (χ0v) is 6.40. The summed E-state index contributed by atoms with van der Waals surface area (Å²) in [5, 5.41) is 13.7. The highest BCUT2D eigenvalue weighted by Crippen LogP contribution is 2.06. The highest BCUT2D eigenvalue weighted by Gasteiger charge is 1.94. The third-order valence-corrected chi connectivity index (χ3v) is 1.84. The molecule has 0 fully saturated rings. The maximum absolute atomic E-state index is 8.15. The van der Waals surface area contributed by atoms with Crippen molar-refractivity contribution in [3.05, 3.63) is 16.1 Å². The monoisotopic (exact) mass is 153 g/mol. The van der Waals surface area contributed by atoms with Gasteiger partial charge < -0.3 is 5.32 Å². The zero-order chi connectivity index (χ0) is 7.40. The molecule has 1 N–H and O–H groups in total. The Labute approximate surface area is 63.3 Å². The van der Waals surface area contributed by atoms with E-state index in [-0.39, 0.29) is 0 Å². The van der Waals surface area contributed by atoms with Gasteiger partial charge in [0, 0.05) is 5.38 Å². The molecule has 0 aliphatic heterocycles. The molecule has 0 atom stereocenters. The first kappa shape index (κ1) is 7.03. The normalized spacial score (nSPS) is 8.80. The molecule has 52 valence electrons. The van der Waals surface area contributed by atoms with Crippen LogP contribution in [0.15, 0.2) is 5.38 Å². The summed E-state index contributed by atoms with van der Waals surface area (Å²) in [5.74, 6) is 0. The van der Waals surface area contributed by atoms with Crippen LogP contribution >= 0.6 is 11.3 Å². The van der Waals surface area contributed by atoms with E-state index in [1.807, 2.05) is 18.5 Å². The lowest BCUT2D eigenvalue weighted by molar-refractivity contribution is 0.853. The van der Waals surface area contributed by atoms with Crippen LogP contribution in [0.1, 0.15) is 10.7 Å². The minimum Gasteiger partial charge on any atom is -0.318 e. The Kier molecular flexibility index (Phi) is 2.24. The number of aromatic nitrogens is 1. The molecule has 0 aliphatic rings. The Bertz CT molecular complexity index is 248. The lowest BCUT2D eigenvalue weighted by Gasteiger charge is -1.88. The standard InChI is InChI=1S/C6H7N3S/c1-5-9-6(3-10-5)2-8-4-7/h3,8H,2H2,1H3. The summed E-state index contributed by atoms with van der Waals surface area (Å²) in [6.45, 7) is 2.49. The molecule has 4 heteroatoms. The first-order chi connectivity index (χ1) is 4.83. The predicted octanol–water partition coefficient (Wildman–Crippen LogP) is 1.02. The second kappa shape index (κ2) is 3.18. The van der Waals surface area contributed by atoms with Crippen molar-refractivity contribution in [3.8, 4) is 6.19 Å². The van der Waals surface area contributed by atoms with Crippen LogP contribution in [-0.4, -0.2) is 4.98 Å². The second-order valence-corrected chi connectivity index (χ2v) is 2.89. The molecule has 0 spiro atoms. The van der Waals surface area contributed by atoms with Gasteiger partial charge in [-0.05, 0) is 6.92 Å². The minimum atomic E-state index is 0.542. The smallest absolute Gasteiger partial charge is 0.176 e.